The van der Waals surface area contributed by atoms with Crippen molar-refractivity contribution in [1.82, 2.24) is 9.88 Å². The standard InChI is InChI=1S/C15H15FN4OS2/c16-10-3-5-20(6-4-10)8-14(21)19-15-18-12-2-1-11(22-9-17)7-13(12)23-15/h1-2,7,10H,3-6,8H2,(H,18,19,21). The zero-order valence-corrected chi connectivity index (χ0v) is 13.9. The van der Waals surface area contributed by atoms with Gasteiger partial charge in [-0.1, -0.05) is 11.3 Å². The number of nitrogens with zero attached hydrogens (tertiary/aromatic N) is 3. The number of nitrogens with one attached hydrogen (secondary N) is 1. The maximum Gasteiger partial charge on any atom is 0.240 e. The molecule has 2 heterocycles. The molecule has 1 fully saturated rings. The molecule has 0 saturated carbocycles. The molecule has 1 aliphatic rings. The fourth-order valence-electron chi connectivity index (χ4n) is 2.50. The van der Waals surface area contributed by atoms with Crippen LogP contribution in [0.15, 0.2) is 23.1 Å². The number of thioether (sulfide) groups is 1. The van der Waals surface area contributed by atoms with Gasteiger partial charge < -0.3 is 5.32 Å². The number of fused-ring (bicyclic) bond motifs is 1. The van der Waals surface area contributed by atoms with Crippen LogP contribution < -0.4 is 5.32 Å². The first kappa shape index (κ1) is 16.2. The average molecular weight is 350 g/mol. The van der Waals surface area contributed by atoms with Crippen molar-refractivity contribution in [2.45, 2.75) is 23.9 Å². The third-order valence-corrected chi connectivity index (χ3v) is 5.17. The summed E-state index contributed by atoms with van der Waals surface area (Å²) in [6.45, 7) is 1.49. The molecule has 1 amide bonds. The second-order valence-electron chi connectivity index (χ2n) is 5.34. The number of likely N-dealkylation sites (tertiary alicyclic amines) is 1. The molecular formula is C15H15FN4OS2. The van der Waals surface area contributed by atoms with E-state index >= 15 is 0 Å². The van der Waals surface area contributed by atoms with E-state index in [9.17, 15) is 9.18 Å². The number of hydrogen-bond acceptors (Lipinski definition) is 6. The summed E-state index contributed by atoms with van der Waals surface area (Å²) in [6, 6.07) is 5.57. The quantitative estimate of drug-likeness (QED) is 0.677. The summed E-state index contributed by atoms with van der Waals surface area (Å²) >= 11 is 2.48. The topological polar surface area (TPSA) is 69.0 Å². The molecule has 0 bridgehead atoms. The highest BCUT2D eigenvalue weighted by Crippen LogP contribution is 2.29. The van der Waals surface area contributed by atoms with Gasteiger partial charge in [-0.15, -0.1) is 0 Å². The summed E-state index contributed by atoms with van der Waals surface area (Å²) in [7, 11) is 0. The lowest BCUT2D eigenvalue weighted by Gasteiger charge is -2.27. The van der Waals surface area contributed by atoms with Gasteiger partial charge in [0.25, 0.3) is 0 Å². The van der Waals surface area contributed by atoms with Crippen molar-refractivity contribution in [2.24, 2.45) is 0 Å². The summed E-state index contributed by atoms with van der Waals surface area (Å²) < 4.78 is 14.0. The van der Waals surface area contributed by atoms with Crippen LogP contribution in [0.4, 0.5) is 9.52 Å². The van der Waals surface area contributed by atoms with Crippen molar-refractivity contribution >= 4 is 44.4 Å². The first-order chi connectivity index (χ1) is 11.1. The first-order valence-corrected chi connectivity index (χ1v) is 8.90. The van der Waals surface area contributed by atoms with Crippen LogP contribution in [0.5, 0.6) is 0 Å². The van der Waals surface area contributed by atoms with Gasteiger partial charge in [-0.2, -0.15) is 5.26 Å². The van der Waals surface area contributed by atoms with Crippen molar-refractivity contribution in [3.63, 3.8) is 0 Å². The van der Waals surface area contributed by atoms with Crippen molar-refractivity contribution in [2.75, 3.05) is 25.0 Å². The summed E-state index contributed by atoms with van der Waals surface area (Å²) in [5, 5.41) is 14.1. The number of carbonyl (C=O) groups is 1. The number of alkyl halides is 1. The number of carbonyl (C=O) groups excluding carboxylic acids is 1. The highest BCUT2D eigenvalue weighted by molar-refractivity contribution is 8.03. The molecular weight excluding hydrogens is 335 g/mol. The molecule has 1 aliphatic heterocycles. The Morgan fingerprint density at radius 2 is 2.30 bits per heavy atom. The SMILES string of the molecule is N#CSc1ccc2nc(NC(=O)CN3CCC(F)CC3)sc2c1. The van der Waals surface area contributed by atoms with Crippen LogP contribution in [0.3, 0.4) is 0 Å². The molecule has 0 unspecified atom stereocenters. The van der Waals surface area contributed by atoms with Crippen LogP contribution in [-0.2, 0) is 4.79 Å². The number of amides is 1. The van der Waals surface area contributed by atoms with Crippen LogP contribution in [0.25, 0.3) is 10.2 Å². The van der Waals surface area contributed by atoms with E-state index in [1.54, 1.807) is 0 Å². The molecule has 5 nitrogen and oxygen atoms in total. The van der Waals surface area contributed by atoms with E-state index in [0.717, 1.165) is 26.9 Å². The molecule has 0 atom stereocenters. The third-order valence-electron chi connectivity index (χ3n) is 3.65. The van der Waals surface area contributed by atoms with Crippen molar-refractivity contribution in [3.8, 4) is 5.40 Å². The van der Waals surface area contributed by atoms with Crippen molar-refractivity contribution in [1.29, 1.82) is 5.26 Å². The van der Waals surface area contributed by atoms with Gasteiger partial charge in [-0.25, -0.2) is 9.37 Å². The molecule has 3 rings (SSSR count). The van der Waals surface area contributed by atoms with Gasteiger partial charge in [0.15, 0.2) is 5.13 Å². The van der Waals surface area contributed by atoms with E-state index < -0.39 is 6.17 Å². The van der Waals surface area contributed by atoms with Crippen LogP contribution in [0, 0.1) is 10.7 Å². The van der Waals surface area contributed by atoms with Crippen molar-refractivity contribution < 1.29 is 9.18 Å². The molecule has 8 heteroatoms. The molecule has 0 aliphatic carbocycles. The first-order valence-electron chi connectivity index (χ1n) is 7.27. The second kappa shape index (κ2) is 7.25. The number of benzene rings is 1. The lowest BCUT2D eigenvalue weighted by Crippen LogP contribution is -2.39. The maximum atomic E-state index is 13.1. The Labute approximate surface area is 141 Å². The third kappa shape index (κ3) is 4.19. The molecule has 2 aromatic rings. The van der Waals surface area contributed by atoms with E-state index in [0.29, 0.717) is 31.1 Å². The van der Waals surface area contributed by atoms with Gasteiger partial charge in [0, 0.05) is 18.0 Å². The van der Waals surface area contributed by atoms with Crippen molar-refractivity contribution in [3.05, 3.63) is 18.2 Å². The highest BCUT2D eigenvalue weighted by Gasteiger charge is 2.20. The molecule has 120 valence electrons. The monoisotopic (exact) mass is 350 g/mol. The number of piperidine rings is 1. The molecule has 23 heavy (non-hydrogen) atoms. The predicted molar refractivity (Wildman–Crippen MR) is 90.3 cm³/mol. The molecule has 1 aromatic heterocycles. The summed E-state index contributed by atoms with van der Waals surface area (Å²) in [6.07, 6.45) is 0.251. The van der Waals surface area contributed by atoms with E-state index in [2.05, 4.69) is 10.3 Å². The van der Waals surface area contributed by atoms with Crippen LogP contribution >= 0.6 is 23.1 Å². The fraction of sp³-hybridized carbons (Fsp3) is 0.400. The highest BCUT2D eigenvalue weighted by atomic mass is 32.2. The fourth-order valence-corrected chi connectivity index (χ4v) is 3.91. The average Bonchev–Trinajstić information content (AvgIpc) is 2.91. The molecule has 1 N–H and O–H groups in total. The van der Waals surface area contributed by atoms with Crippen LogP contribution in [0.1, 0.15) is 12.8 Å². The number of halogens is 1. The van der Waals surface area contributed by atoms with Gasteiger partial charge in [0.1, 0.15) is 11.6 Å². The number of rotatable bonds is 4. The van der Waals surface area contributed by atoms with E-state index in [4.69, 9.17) is 5.26 Å². The summed E-state index contributed by atoms with van der Waals surface area (Å²) in [5.41, 5.74) is 0.797. The van der Waals surface area contributed by atoms with Gasteiger partial charge in [-0.3, -0.25) is 9.69 Å². The van der Waals surface area contributed by atoms with Gasteiger partial charge >= 0.3 is 0 Å². The number of nitriles is 1. The molecule has 0 radical (unpaired) electrons. The largest absolute Gasteiger partial charge is 0.301 e. The Kier molecular flexibility index (Phi) is 5.10. The minimum Gasteiger partial charge on any atom is -0.301 e. The second-order valence-corrected chi connectivity index (χ2v) is 7.23. The van der Waals surface area contributed by atoms with Crippen LogP contribution in [0.2, 0.25) is 0 Å². The van der Waals surface area contributed by atoms with E-state index in [1.807, 2.05) is 28.5 Å². The van der Waals surface area contributed by atoms with Gasteiger partial charge in [-0.05, 0) is 42.8 Å². The van der Waals surface area contributed by atoms with E-state index in [1.165, 1.54) is 11.3 Å². The minimum atomic E-state index is -0.737. The van der Waals surface area contributed by atoms with Crippen LogP contribution in [-0.4, -0.2) is 41.6 Å². The smallest absolute Gasteiger partial charge is 0.240 e. The summed E-state index contributed by atoms with van der Waals surface area (Å²) in [5.74, 6) is -0.131. The Hall–Kier alpha value is -1.69. The summed E-state index contributed by atoms with van der Waals surface area (Å²) in [4.78, 5) is 19.3. The molecule has 1 saturated heterocycles. The molecule has 0 spiro atoms. The number of anilines is 1. The zero-order valence-electron chi connectivity index (χ0n) is 12.3. The Balaban J connectivity index is 1.62. The Bertz CT molecular complexity index is 750. The minimum absolute atomic E-state index is 0.131. The lowest BCUT2D eigenvalue weighted by atomic mass is 10.1. The zero-order chi connectivity index (χ0) is 16.2. The predicted octanol–water partition coefficient (Wildman–Crippen LogP) is 3.24. The number of thiazole rings is 1. The lowest BCUT2D eigenvalue weighted by molar-refractivity contribution is -0.117. The normalized spacial score (nSPS) is 16.3. The number of thiocyanates is 1. The molecule has 1 aromatic carbocycles. The number of hydrogen-bond donors (Lipinski definition) is 1. The Morgan fingerprint density at radius 3 is 3.04 bits per heavy atom. The van der Waals surface area contributed by atoms with Gasteiger partial charge in [0.05, 0.1) is 16.8 Å². The maximum absolute atomic E-state index is 13.1. The number of aromatic nitrogens is 1. The van der Waals surface area contributed by atoms with Gasteiger partial charge in [0.2, 0.25) is 5.91 Å². The van der Waals surface area contributed by atoms with E-state index in [-0.39, 0.29) is 12.5 Å². The Morgan fingerprint density at radius 1 is 1.52 bits per heavy atom.